The quantitative estimate of drug-likeness (QED) is 0.838. The molecule has 1 heterocycles. The van der Waals surface area contributed by atoms with Gasteiger partial charge in [0, 0.05) is 5.56 Å². The number of nitriles is 1. The van der Waals surface area contributed by atoms with E-state index in [9.17, 15) is 10.1 Å². The Kier molecular flexibility index (Phi) is 5.22. The summed E-state index contributed by atoms with van der Waals surface area (Å²) < 4.78 is 5.64. The lowest BCUT2D eigenvalue weighted by Crippen LogP contribution is -2.05. The maximum Gasteiger partial charge on any atom is 0.228 e. The summed E-state index contributed by atoms with van der Waals surface area (Å²) in [6.07, 6.45) is 0. The third-order valence-electron chi connectivity index (χ3n) is 2.91. The first-order valence-corrected chi connectivity index (χ1v) is 8.06. The lowest BCUT2D eigenvalue weighted by Gasteiger charge is -2.10. The van der Waals surface area contributed by atoms with E-state index in [2.05, 4.69) is 37.5 Å². The van der Waals surface area contributed by atoms with Crippen LogP contribution in [0.5, 0.6) is 5.75 Å². The summed E-state index contributed by atoms with van der Waals surface area (Å²) in [4.78, 5) is 16.3. The second-order valence-electron chi connectivity index (χ2n) is 5.27. The molecular weight excluding hydrogens is 316 g/mol. The number of thiazole rings is 1. The number of carbonyl (C=O) groups excluding carboxylic acids is 1. The summed E-state index contributed by atoms with van der Waals surface area (Å²) in [5.41, 5.74) is 1.91. The second-order valence-corrected chi connectivity index (χ2v) is 6.67. The van der Waals surface area contributed by atoms with E-state index >= 15 is 0 Å². The third-order valence-corrected chi connectivity index (χ3v) is 4.49. The zero-order valence-corrected chi connectivity index (χ0v) is 14.3. The van der Waals surface area contributed by atoms with Crippen LogP contribution >= 0.6 is 24.0 Å². The first-order chi connectivity index (χ1) is 10.4. The van der Waals surface area contributed by atoms with Crippen LogP contribution in [-0.2, 0) is 0 Å². The van der Waals surface area contributed by atoms with Gasteiger partial charge in [-0.15, -0.1) is 11.3 Å². The number of thiol groups is 1. The van der Waals surface area contributed by atoms with Gasteiger partial charge < -0.3 is 4.74 Å². The minimum atomic E-state index is -0.293. The summed E-state index contributed by atoms with van der Waals surface area (Å²) >= 11 is 5.12. The molecule has 1 aromatic heterocycles. The fourth-order valence-electron chi connectivity index (χ4n) is 1.85. The summed E-state index contributed by atoms with van der Waals surface area (Å²) in [5.74, 6) is 0.954. The van der Waals surface area contributed by atoms with Crippen LogP contribution in [0, 0.1) is 24.2 Å². The highest BCUT2D eigenvalue weighted by Gasteiger charge is 2.15. The molecule has 0 amide bonds. The van der Waals surface area contributed by atoms with Gasteiger partial charge in [0.15, 0.2) is 0 Å². The van der Waals surface area contributed by atoms with E-state index in [1.807, 2.05) is 6.07 Å². The average Bonchev–Trinajstić information content (AvgIpc) is 2.87. The minimum absolute atomic E-state index is 0.293. The van der Waals surface area contributed by atoms with Crippen LogP contribution in [0.25, 0.3) is 10.6 Å². The van der Waals surface area contributed by atoms with Crippen molar-refractivity contribution in [2.24, 2.45) is 5.92 Å². The van der Waals surface area contributed by atoms with Crippen molar-refractivity contribution in [1.29, 1.82) is 5.26 Å². The number of benzene rings is 1. The molecule has 0 aliphatic rings. The van der Waals surface area contributed by atoms with Gasteiger partial charge in [-0.3, -0.25) is 4.79 Å². The molecule has 0 fully saturated rings. The number of rotatable bonds is 5. The molecule has 0 spiro atoms. The van der Waals surface area contributed by atoms with E-state index in [-0.39, 0.29) is 5.12 Å². The zero-order chi connectivity index (χ0) is 16.3. The monoisotopic (exact) mass is 332 g/mol. The van der Waals surface area contributed by atoms with Crippen LogP contribution in [0.15, 0.2) is 18.2 Å². The van der Waals surface area contributed by atoms with Crippen molar-refractivity contribution in [3.05, 3.63) is 34.3 Å². The Bertz CT molecular complexity index is 745. The van der Waals surface area contributed by atoms with Gasteiger partial charge >= 0.3 is 0 Å². The molecule has 0 unspecified atom stereocenters. The maximum atomic E-state index is 11.4. The van der Waals surface area contributed by atoms with E-state index < -0.39 is 0 Å². The molecule has 2 rings (SSSR count). The molecule has 0 aliphatic heterocycles. The lowest BCUT2D eigenvalue weighted by molar-refractivity contribution is 0.109. The molecule has 114 valence electrons. The molecule has 0 atom stereocenters. The highest BCUT2D eigenvalue weighted by atomic mass is 32.1. The molecule has 6 heteroatoms. The largest absolute Gasteiger partial charge is 0.492 e. The Hall–Kier alpha value is -1.84. The molecule has 4 nitrogen and oxygen atoms in total. The third kappa shape index (κ3) is 3.67. The number of hydrogen-bond acceptors (Lipinski definition) is 5. The van der Waals surface area contributed by atoms with E-state index in [0.29, 0.717) is 39.4 Å². The van der Waals surface area contributed by atoms with Gasteiger partial charge in [-0.25, -0.2) is 4.98 Å². The molecule has 0 N–H and O–H groups in total. The number of ether oxygens (including phenoxy) is 1. The number of nitrogens with zero attached hydrogens (tertiary/aromatic N) is 2. The van der Waals surface area contributed by atoms with Crippen LogP contribution in [0.3, 0.4) is 0 Å². The topological polar surface area (TPSA) is 63.0 Å². The van der Waals surface area contributed by atoms with Crippen LogP contribution in [0.2, 0.25) is 0 Å². The van der Waals surface area contributed by atoms with Crippen LogP contribution < -0.4 is 4.74 Å². The summed E-state index contributed by atoms with van der Waals surface area (Å²) in [7, 11) is 0. The van der Waals surface area contributed by atoms with Crippen molar-refractivity contribution >= 4 is 29.1 Å². The predicted molar refractivity (Wildman–Crippen MR) is 90.7 cm³/mol. The van der Waals surface area contributed by atoms with Gasteiger partial charge in [-0.2, -0.15) is 5.26 Å². The Morgan fingerprint density at radius 1 is 1.50 bits per heavy atom. The van der Waals surface area contributed by atoms with Crippen LogP contribution in [0.4, 0.5) is 0 Å². The Morgan fingerprint density at radius 2 is 2.23 bits per heavy atom. The number of aromatic nitrogens is 1. The first-order valence-electron chi connectivity index (χ1n) is 6.80. The van der Waals surface area contributed by atoms with Crippen molar-refractivity contribution in [3.8, 4) is 22.4 Å². The molecule has 22 heavy (non-hydrogen) atoms. The van der Waals surface area contributed by atoms with E-state index in [0.717, 1.165) is 5.56 Å². The van der Waals surface area contributed by atoms with Gasteiger partial charge in [0.25, 0.3) is 0 Å². The average molecular weight is 332 g/mol. The van der Waals surface area contributed by atoms with Crippen LogP contribution in [0.1, 0.15) is 34.8 Å². The van der Waals surface area contributed by atoms with Gasteiger partial charge in [-0.05, 0) is 31.0 Å². The SMILES string of the molecule is Cc1nc(-c2ccc(OCC(C)C)c(C#N)c2)sc1C(=O)S. The second kappa shape index (κ2) is 6.95. The number of aryl methyl sites for hydroxylation is 1. The minimum Gasteiger partial charge on any atom is -0.492 e. The Labute approximate surface area is 139 Å². The van der Waals surface area contributed by atoms with Crippen molar-refractivity contribution < 1.29 is 9.53 Å². The fraction of sp³-hybridized carbons (Fsp3) is 0.312. The van der Waals surface area contributed by atoms with Crippen molar-refractivity contribution in [1.82, 2.24) is 4.98 Å². The molecule has 0 aliphatic carbocycles. The maximum absolute atomic E-state index is 11.4. The van der Waals surface area contributed by atoms with Gasteiger partial charge in [0.2, 0.25) is 5.12 Å². The number of hydrogen-bond donors (Lipinski definition) is 1. The lowest BCUT2D eigenvalue weighted by atomic mass is 10.1. The van der Waals surface area contributed by atoms with E-state index in [1.165, 1.54) is 11.3 Å². The molecule has 0 radical (unpaired) electrons. The molecule has 0 bridgehead atoms. The molecular formula is C16H16N2O2S2. The standard InChI is InChI=1S/C16H16N2O2S2/c1-9(2)8-20-13-5-4-11(6-12(13)7-17)15-18-10(3)14(22-15)16(19)21/h4-6,9H,8H2,1-3H3,(H,19,21). The highest BCUT2D eigenvalue weighted by molar-refractivity contribution is 7.97. The van der Waals surface area contributed by atoms with E-state index in [1.54, 1.807) is 19.1 Å². The number of carbonyl (C=O) groups is 1. The fourth-order valence-corrected chi connectivity index (χ4v) is 3.05. The smallest absolute Gasteiger partial charge is 0.228 e. The summed E-state index contributed by atoms with van der Waals surface area (Å²) in [6.45, 7) is 6.43. The van der Waals surface area contributed by atoms with Gasteiger partial charge in [-0.1, -0.05) is 26.5 Å². The first kappa shape index (κ1) is 16.5. The molecule has 2 aromatic rings. The molecule has 1 aromatic carbocycles. The van der Waals surface area contributed by atoms with Gasteiger partial charge in [0.1, 0.15) is 21.7 Å². The molecule has 0 saturated carbocycles. The van der Waals surface area contributed by atoms with Crippen LogP contribution in [-0.4, -0.2) is 16.7 Å². The Balaban J connectivity index is 2.35. The van der Waals surface area contributed by atoms with E-state index in [4.69, 9.17) is 4.74 Å². The van der Waals surface area contributed by atoms with Crippen molar-refractivity contribution in [2.45, 2.75) is 20.8 Å². The van der Waals surface area contributed by atoms with Crippen molar-refractivity contribution in [2.75, 3.05) is 6.61 Å². The summed E-state index contributed by atoms with van der Waals surface area (Å²) in [5, 5.41) is 9.69. The van der Waals surface area contributed by atoms with Gasteiger partial charge in [0.05, 0.1) is 17.9 Å². The predicted octanol–water partition coefficient (Wildman–Crippen LogP) is 4.10. The summed E-state index contributed by atoms with van der Waals surface area (Å²) in [6, 6.07) is 7.50. The molecule has 0 saturated heterocycles. The Morgan fingerprint density at radius 3 is 2.77 bits per heavy atom. The normalized spacial score (nSPS) is 10.5. The van der Waals surface area contributed by atoms with Crippen molar-refractivity contribution in [3.63, 3.8) is 0 Å². The zero-order valence-electron chi connectivity index (χ0n) is 12.6. The highest BCUT2D eigenvalue weighted by Crippen LogP contribution is 2.31.